The van der Waals surface area contributed by atoms with E-state index in [-0.39, 0.29) is 5.54 Å². The summed E-state index contributed by atoms with van der Waals surface area (Å²) in [4.78, 5) is 4.53. The van der Waals surface area contributed by atoms with Crippen molar-refractivity contribution in [2.75, 3.05) is 0 Å². The topological polar surface area (TPSA) is 29.9 Å². The van der Waals surface area contributed by atoms with Crippen molar-refractivity contribution in [2.24, 2.45) is 5.92 Å². The number of nitrogens with one attached hydrogen (secondary N) is 1. The second-order valence-electron chi connectivity index (χ2n) is 6.68. The van der Waals surface area contributed by atoms with E-state index in [1.54, 1.807) is 0 Å². The van der Waals surface area contributed by atoms with Gasteiger partial charge in [-0.05, 0) is 44.4 Å². The molecule has 0 bridgehead atoms. The lowest BCUT2D eigenvalue weighted by Crippen LogP contribution is -2.35. The van der Waals surface area contributed by atoms with Crippen LogP contribution in [0, 0.1) is 5.92 Å². The van der Waals surface area contributed by atoms with Crippen LogP contribution in [-0.2, 0) is 13.1 Å². The summed E-state index contributed by atoms with van der Waals surface area (Å²) >= 11 is 0. The molecule has 0 amide bonds. The van der Waals surface area contributed by atoms with Crippen molar-refractivity contribution in [1.82, 2.24) is 14.9 Å². The summed E-state index contributed by atoms with van der Waals surface area (Å²) in [6.45, 7) is 13.0. The van der Waals surface area contributed by atoms with E-state index in [2.05, 4.69) is 61.7 Å². The maximum atomic E-state index is 4.53. The Bertz CT molecular complexity index is 547. The first-order valence-electron chi connectivity index (χ1n) is 7.04. The summed E-state index contributed by atoms with van der Waals surface area (Å²) in [6.07, 6.45) is 4.12. The van der Waals surface area contributed by atoms with Gasteiger partial charge in [-0.1, -0.05) is 13.8 Å². The zero-order chi connectivity index (χ0) is 14.0. The molecule has 0 saturated carbocycles. The standard InChI is InChI=1S/C16H25N3/c1-12(2)10-19-11-13(9-18-16(3,4)5)14-7-6-8-17-15(14)19/h6-8,11-12,18H,9-10H2,1-5H3. The molecular weight excluding hydrogens is 234 g/mol. The van der Waals surface area contributed by atoms with E-state index >= 15 is 0 Å². The van der Waals surface area contributed by atoms with Gasteiger partial charge in [-0.15, -0.1) is 0 Å². The van der Waals surface area contributed by atoms with Gasteiger partial charge in [0.1, 0.15) is 5.65 Å². The number of rotatable bonds is 4. The molecule has 2 heterocycles. The molecule has 19 heavy (non-hydrogen) atoms. The second-order valence-corrected chi connectivity index (χ2v) is 6.68. The van der Waals surface area contributed by atoms with E-state index in [4.69, 9.17) is 0 Å². The van der Waals surface area contributed by atoms with E-state index in [0.29, 0.717) is 5.92 Å². The van der Waals surface area contributed by atoms with Crippen LogP contribution in [0.1, 0.15) is 40.2 Å². The first-order valence-corrected chi connectivity index (χ1v) is 7.04. The summed E-state index contributed by atoms with van der Waals surface area (Å²) in [5, 5.41) is 4.82. The number of fused-ring (bicyclic) bond motifs is 1. The van der Waals surface area contributed by atoms with Gasteiger partial charge in [-0.25, -0.2) is 4.98 Å². The third kappa shape index (κ3) is 3.57. The van der Waals surface area contributed by atoms with Crippen molar-refractivity contribution < 1.29 is 0 Å². The van der Waals surface area contributed by atoms with Gasteiger partial charge in [0.25, 0.3) is 0 Å². The molecule has 0 spiro atoms. The van der Waals surface area contributed by atoms with Crippen molar-refractivity contribution in [3.8, 4) is 0 Å². The highest BCUT2D eigenvalue weighted by molar-refractivity contribution is 5.80. The molecule has 3 nitrogen and oxygen atoms in total. The molecule has 2 aromatic rings. The van der Waals surface area contributed by atoms with E-state index in [1.165, 1.54) is 10.9 Å². The normalized spacial score (nSPS) is 12.5. The van der Waals surface area contributed by atoms with Gasteiger partial charge < -0.3 is 9.88 Å². The molecular formula is C16H25N3. The van der Waals surface area contributed by atoms with E-state index in [0.717, 1.165) is 18.7 Å². The number of pyridine rings is 1. The van der Waals surface area contributed by atoms with Crippen molar-refractivity contribution in [1.29, 1.82) is 0 Å². The third-order valence-corrected chi connectivity index (χ3v) is 3.09. The van der Waals surface area contributed by atoms with E-state index < -0.39 is 0 Å². The summed E-state index contributed by atoms with van der Waals surface area (Å²) in [5.74, 6) is 0.626. The average Bonchev–Trinajstić information content (AvgIpc) is 2.64. The molecule has 0 aromatic carbocycles. The number of hydrogen-bond acceptors (Lipinski definition) is 2. The quantitative estimate of drug-likeness (QED) is 0.909. The maximum Gasteiger partial charge on any atom is 0.140 e. The molecule has 2 rings (SSSR count). The summed E-state index contributed by atoms with van der Waals surface area (Å²) in [5.41, 5.74) is 2.56. The summed E-state index contributed by atoms with van der Waals surface area (Å²) in [7, 11) is 0. The minimum atomic E-state index is 0.134. The SMILES string of the molecule is CC(C)Cn1cc(CNC(C)(C)C)c2cccnc21. The zero-order valence-corrected chi connectivity index (χ0v) is 12.7. The van der Waals surface area contributed by atoms with Crippen LogP contribution >= 0.6 is 0 Å². The first kappa shape index (κ1) is 14.1. The fourth-order valence-electron chi connectivity index (χ4n) is 2.23. The predicted molar refractivity (Wildman–Crippen MR) is 81.2 cm³/mol. The molecule has 0 unspecified atom stereocenters. The molecule has 104 valence electrons. The molecule has 3 heteroatoms. The molecule has 0 aliphatic rings. The summed E-state index contributed by atoms with van der Waals surface area (Å²) < 4.78 is 2.28. The Labute approximate surface area is 116 Å². The molecule has 0 aliphatic carbocycles. The first-order chi connectivity index (χ1) is 8.87. The van der Waals surface area contributed by atoms with Gasteiger partial charge in [0.2, 0.25) is 0 Å². The smallest absolute Gasteiger partial charge is 0.140 e. The lowest BCUT2D eigenvalue weighted by Gasteiger charge is -2.20. The maximum absolute atomic E-state index is 4.53. The van der Waals surface area contributed by atoms with Gasteiger partial charge in [0.05, 0.1) is 0 Å². The lowest BCUT2D eigenvalue weighted by atomic mass is 10.1. The molecule has 0 radical (unpaired) electrons. The van der Waals surface area contributed by atoms with Gasteiger partial charge in [0.15, 0.2) is 0 Å². The minimum absolute atomic E-state index is 0.134. The Morgan fingerprint density at radius 2 is 2.05 bits per heavy atom. The largest absolute Gasteiger partial charge is 0.332 e. The highest BCUT2D eigenvalue weighted by atomic mass is 15.0. The van der Waals surface area contributed by atoms with Crippen LogP contribution in [0.2, 0.25) is 0 Å². The Kier molecular flexibility index (Phi) is 3.95. The number of aromatic nitrogens is 2. The van der Waals surface area contributed by atoms with Gasteiger partial charge in [0, 0.05) is 36.4 Å². The number of nitrogens with zero attached hydrogens (tertiary/aromatic N) is 2. The minimum Gasteiger partial charge on any atom is -0.332 e. The lowest BCUT2D eigenvalue weighted by molar-refractivity contribution is 0.424. The van der Waals surface area contributed by atoms with Crippen molar-refractivity contribution in [3.05, 3.63) is 30.1 Å². The van der Waals surface area contributed by atoms with Gasteiger partial charge in [-0.3, -0.25) is 0 Å². The van der Waals surface area contributed by atoms with Crippen LogP contribution in [0.4, 0.5) is 0 Å². The fraction of sp³-hybridized carbons (Fsp3) is 0.562. The van der Waals surface area contributed by atoms with Gasteiger partial charge in [-0.2, -0.15) is 0 Å². The van der Waals surface area contributed by atoms with E-state index in [9.17, 15) is 0 Å². The van der Waals surface area contributed by atoms with Crippen LogP contribution in [0.5, 0.6) is 0 Å². The van der Waals surface area contributed by atoms with Crippen LogP contribution in [-0.4, -0.2) is 15.1 Å². The second kappa shape index (κ2) is 5.33. The molecule has 1 N–H and O–H groups in total. The Balaban J connectivity index is 2.33. The molecule has 0 fully saturated rings. The zero-order valence-electron chi connectivity index (χ0n) is 12.7. The average molecular weight is 259 g/mol. The van der Waals surface area contributed by atoms with Crippen LogP contribution in [0.25, 0.3) is 11.0 Å². The number of hydrogen-bond donors (Lipinski definition) is 1. The highest BCUT2D eigenvalue weighted by Crippen LogP contribution is 2.21. The molecule has 0 aliphatic heterocycles. The molecule has 2 aromatic heterocycles. The Morgan fingerprint density at radius 3 is 2.68 bits per heavy atom. The van der Waals surface area contributed by atoms with Gasteiger partial charge >= 0.3 is 0 Å². The summed E-state index contributed by atoms with van der Waals surface area (Å²) in [6, 6.07) is 4.18. The van der Waals surface area contributed by atoms with Crippen LogP contribution < -0.4 is 5.32 Å². The fourth-order valence-corrected chi connectivity index (χ4v) is 2.23. The van der Waals surface area contributed by atoms with Crippen molar-refractivity contribution >= 4 is 11.0 Å². The van der Waals surface area contributed by atoms with Crippen molar-refractivity contribution in [2.45, 2.75) is 53.2 Å². The highest BCUT2D eigenvalue weighted by Gasteiger charge is 2.13. The predicted octanol–water partition coefficient (Wildman–Crippen LogP) is 3.58. The van der Waals surface area contributed by atoms with Crippen molar-refractivity contribution in [3.63, 3.8) is 0 Å². The molecule has 0 atom stereocenters. The van der Waals surface area contributed by atoms with Crippen LogP contribution in [0.15, 0.2) is 24.5 Å². The monoisotopic (exact) mass is 259 g/mol. The third-order valence-electron chi connectivity index (χ3n) is 3.09. The molecule has 0 saturated heterocycles. The Morgan fingerprint density at radius 1 is 1.32 bits per heavy atom. The van der Waals surface area contributed by atoms with E-state index in [1.807, 2.05) is 12.3 Å². The van der Waals surface area contributed by atoms with Crippen LogP contribution in [0.3, 0.4) is 0 Å². The Hall–Kier alpha value is -1.35.